The number of thiophene rings is 1. The highest BCUT2D eigenvalue weighted by Crippen LogP contribution is 2.08. The van der Waals surface area contributed by atoms with Gasteiger partial charge < -0.3 is 10.2 Å². The van der Waals surface area contributed by atoms with Crippen LogP contribution in [0.2, 0.25) is 0 Å². The second kappa shape index (κ2) is 8.43. The van der Waals surface area contributed by atoms with Crippen molar-refractivity contribution < 1.29 is 14.0 Å². The zero-order chi connectivity index (χ0) is 16.7. The minimum Gasteiger partial charge on any atom is -0.352 e. The first-order valence-corrected chi connectivity index (χ1v) is 8.29. The van der Waals surface area contributed by atoms with Crippen LogP contribution in [0.4, 0.5) is 4.39 Å². The Morgan fingerprint density at radius 1 is 1.22 bits per heavy atom. The number of nitrogens with one attached hydrogen (secondary N) is 1. The SMILES string of the molecule is CN(Cc1ccc(F)cc1)C(=O)CCCNC(=O)c1ccsc1. The van der Waals surface area contributed by atoms with Crippen LogP contribution in [-0.4, -0.2) is 30.3 Å². The van der Waals surface area contributed by atoms with Gasteiger partial charge in [0.1, 0.15) is 5.82 Å². The molecular formula is C17H19FN2O2S. The quantitative estimate of drug-likeness (QED) is 0.791. The Hall–Kier alpha value is -2.21. The van der Waals surface area contributed by atoms with E-state index in [1.165, 1.54) is 23.5 Å². The maximum Gasteiger partial charge on any atom is 0.252 e. The van der Waals surface area contributed by atoms with Crippen LogP contribution in [0, 0.1) is 5.82 Å². The van der Waals surface area contributed by atoms with E-state index in [9.17, 15) is 14.0 Å². The molecule has 0 aliphatic carbocycles. The highest BCUT2D eigenvalue weighted by molar-refractivity contribution is 7.08. The van der Waals surface area contributed by atoms with Crippen molar-refractivity contribution in [2.24, 2.45) is 0 Å². The van der Waals surface area contributed by atoms with E-state index in [0.29, 0.717) is 31.5 Å². The standard InChI is InChI=1S/C17H19FN2O2S/c1-20(11-13-4-6-15(18)7-5-13)16(21)3-2-9-19-17(22)14-8-10-23-12-14/h4-8,10,12H,2-3,9,11H2,1H3,(H,19,22). The number of carbonyl (C=O) groups is 2. The summed E-state index contributed by atoms with van der Waals surface area (Å²) in [6, 6.07) is 7.86. The first kappa shape index (κ1) is 17.1. The fourth-order valence-electron chi connectivity index (χ4n) is 2.08. The predicted molar refractivity (Wildman–Crippen MR) is 88.8 cm³/mol. The normalized spacial score (nSPS) is 10.3. The van der Waals surface area contributed by atoms with Crippen LogP contribution in [-0.2, 0) is 11.3 Å². The number of carbonyl (C=O) groups excluding carboxylic acids is 2. The number of halogens is 1. The molecule has 0 saturated carbocycles. The first-order valence-electron chi connectivity index (χ1n) is 7.35. The topological polar surface area (TPSA) is 49.4 Å². The van der Waals surface area contributed by atoms with Gasteiger partial charge >= 0.3 is 0 Å². The number of nitrogens with zero attached hydrogens (tertiary/aromatic N) is 1. The molecule has 6 heteroatoms. The number of rotatable bonds is 7. The summed E-state index contributed by atoms with van der Waals surface area (Å²) in [7, 11) is 1.72. The van der Waals surface area contributed by atoms with E-state index in [1.54, 1.807) is 35.5 Å². The Morgan fingerprint density at radius 3 is 2.61 bits per heavy atom. The predicted octanol–water partition coefficient (Wildman–Crippen LogP) is 3.06. The Kier molecular flexibility index (Phi) is 6.29. The van der Waals surface area contributed by atoms with Crippen LogP contribution >= 0.6 is 11.3 Å². The van der Waals surface area contributed by atoms with E-state index in [2.05, 4.69) is 5.32 Å². The Balaban J connectivity index is 1.67. The molecule has 2 amide bonds. The van der Waals surface area contributed by atoms with Crippen LogP contribution in [0.3, 0.4) is 0 Å². The van der Waals surface area contributed by atoms with E-state index in [0.717, 1.165) is 5.56 Å². The molecule has 0 fully saturated rings. The zero-order valence-corrected chi connectivity index (χ0v) is 13.7. The summed E-state index contributed by atoms with van der Waals surface area (Å²) in [5.41, 5.74) is 1.53. The van der Waals surface area contributed by atoms with Gasteiger partial charge in [-0.05, 0) is 35.6 Å². The molecule has 1 aromatic carbocycles. The summed E-state index contributed by atoms with van der Waals surface area (Å²) in [5.74, 6) is -0.401. The van der Waals surface area contributed by atoms with E-state index < -0.39 is 0 Å². The van der Waals surface area contributed by atoms with Crippen molar-refractivity contribution in [1.29, 1.82) is 0 Å². The van der Waals surface area contributed by atoms with Gasteiger partial charge in [-0.2, -0.15) is 11.3 Å². The van der Waals surface area contributed by atoms with E-state index in [4.69, 9.17) is 0 Å². The van der Waals surface area contributed by atoms with Crippen molar-refractivity contribution in [2.75, 3.05) is 13.6 Å². The molecule has 0 saturated heterocycles. The highest BCUT2D eigenvalue weighted by Gasteiger charge is 2.10. The van der Waals surface area contributed by atoms with Crippen molar-refractivity contribution >= 4 is 23.2 Å². The highest BCUT2D eigenvalue weighted by atomic mass is 32.1. The van der Waals surface area contributed by atoms with Crippen molar-refractivity contribution in [3.63, 3.8) is 0 Å². The van der Waals surface area contributed by atoms with Crippen LogP contribution in [0.1, 0.15) is 28.8 Å². The maximum atomic E-state index is 12.8. The molecule has 2 rings (SSSR count). The summed E-state index contributed by atoms with van der Waals surface area (Å²) in [6.07, 6.45) is 0.948. The molecule has 0 radical (unpaired) electrons. The van der Waals surface area contributed by atoms with Crippen molar-refractivity contribution in [3.8, 4) is 0 Å². The number of hydrogen-bond acceptors (Lipinski definition) is 3. The summed E-state index contributed by atoms with van der Waals surface area (Å²) < 4.78 is 12.8. The number of hydrogen-bond donors (Lipinski definition) is 1. The summed E-state index contributed by atoms with van der Waals surface area (Å²) in [6.45, 7) is 0.908. The lowest BCUT2D eigenvalue weighted by atomic mass is 10.2. The molecule has 23 heavy (non-hydrogen) atoms. The van der Waals surface area contributed by atoms with Gasteiger partial charge in [0.2, 0.25) is 5.91 Å². The zero-order valence-electron chi connectivity index (χ0n) is 12.9. The van der Waals surface area contributed by atoms with Crippen molar-refractivity contribution in [1.82, 2.24) is 10.2 Å². The molecule has 122 valence electrons. The third-order valence-corrected chi connectivity index (χ3v) is 4.08. The van der Waals surface area contributed by atoms with Gasteiger partial charge in [-0.3, -0.25) is 9.59 Å². The van der Waals surface area contributed by atoms with Gasteiger partial charge in [-0.15, -0.1) is 0 Å². The Labute approximate surface area is 138 Å². The van der Waals surface area contributed by atoms with Crippen molar-refractivity contribution in [3.05, 3.63) is 58.0 Å². The molecule has 0 atom stereocenters. The molecule has 0 spiro atoms. The summed E-state index contributed by atoms with van der Waals surface area (Å²) in [5, 5.41) is 6.43. The minimum atomic E-state index is -0.288. The fourth-order valence-corrected chi connectivity index (χ4v) is 2.72. The largest absolute Gasteiger partial charge is 0.352 e. The second-order valence-electron chi connectivity index (χ2n) is 5.25. The lowest BCUT2D eigenvalue weighted by molar-refractivity contribution is -0.130. The lowest BCUT2D eigenvalue weighted by Crippen LogP contribution is -2.28. The number of benzene rings is 1. The third-order valence-electron chi connectivity index (χ3n) is 3.40. The van der Waals surface area contributed by atoms with Gasteiger partial charge in [0.05, 0.1) is 0 Å². The summed E-state index contributed by atoms with van der Waals surface area (Å²) >= 11 is 1.47. The molecule has 4 nitrogen and oxygen atoms in total. The smallest absolute Gasteiger partial charge is 0.252 e. The molecule has 0 aliphatic heterocycles. The lowest BCUT2D eigenvalue weighted by Gasteiger charge is -2.17. The van der Waals surface area contributed by atoms with Crippen molar-refractivity contribution in [2.45, 2.75) is 19.4 Å². The molecule has 1 N–H and O–H groups in total. The molecular weight excluding hydrogens is 315 g/mol. The van der Waals surface area contributed by atoms with Gasteiger partial charge in [0.15, 0.2) is 0 Å². The molecule has 0 bridgehead atoms. The van der Waals surface area contributed by atoms with Crippen LogP contribution < -0.4 is 5.32 Å². The number of amides is 2. The van der Waals surface area contributed by atoms with Crippen LogP contribution in [0.25, 0.3) is 0 Å². The van der Waals surface area contributed by atoms with E-state index in [-0.39, 0.29) is 17.6 Å². The third kappa shape index (κ3) is 5.49. The molecule has 0 unspecified atom stereocenters. The molecule has 2 aromatic rings. The Morgan fingerprint density at radius 2 is 1.96 bits per heavy atom. The fraction of sp³-hybridized carbons (Fsp3) is 0.294. The van der Waals surface area contributed by atoms with E-state index >= 15 is 0 Å². The van der Waals surface area contributed by atoms with Gasteiger partial charge in [-0.1, -0.05) is 12.1 Å². The molecule has 1 aromatic heterocycles. The molecule has 0 aliphatic rings. The maximum absolute atomic E-state index is 12.8. The second-order valence-corrected chi connectivity index (χ2v) is 6.03. The van der Waals surface area contributed by atoms with Crippen LogP contribution in [0.5, 0.6) is 0 Å². The Bertz CT molecular complexity index is 641. The van der Waals surface area contributed by atoms with Crippen LogP contribution in [0.15, 0.2) is 41.1 Å². The van der Waals surface area contributed by atoms with Gasteiger partial charge in [0.25, 0.3) is 5.91 Å². The average Bonchev–Trinajstić information content (AvgIpc) is 3.07. The van der Waals surface area contributed by atoms with Gasteiger partial charge in [-0.25, -0.2) is 4.39 Å². The van der Waals surface area contributed by atoms with Gasteiger partial charge in [0, 0.05) is 37.5 Å². The molecule has 1 heterocycles. The monoisotopic (exact) mass is 334 g/mol. The van der Waals surface area contributed by atoms with E-state index in [1.807, 2.05) is 5.38 Å². The summed E-state index contributed by atoms with van der Waals surface area (Å²) in [4.78, 5) is 25.4. The first-order chi connectivity index (χ1) is 11.1. The minimum absolute atomic E-state index is 0.000827. The average molecular weight is 334 g/mol.